The minimum Gasteiger partial charge on any atom is -0.478 e. The van der Waals surface area contributed by atoms with E-state index in [0.29, 0.717) is 10.6 Å². The molecule has 0 unspecified atom stereocenters. The van der Waals surface area contributed by atoms with Crippen LogP contribution in [-0.2, 0) is 6.54 Å². The third-order valence-corrected chi connectivity index (χ3v) is 2.79. The largest absolute Gasteiger partial charge is 0.478 e. The zero-order valence-corrected chi connectivity index (χ0v) is 9.96. The van der Waals surface area contributed by atoms with E-state index in [1.165, 1.54) is 29.1 Å². The van der Waals surface area contributed by atoms with Crippen molar-refractivity contribution >= 4 is 17.6 Å². The van der Waals surface area contributed by atoms with Crippen LogP contribution in [0.3, 0.4) is 0 Å². The number of carbonyl (C=O) groups is 1. The molecule has 0 bridgehead atoms. The Morgan fingerprint density at radius 1 is 1.44 bits per heavy atom. The predicted octanol–water partition coefficient (Wildman–Crippen LogP) is 1.64. The van der Waals surface area contributed by atoms with Crippen molar-refractivity contribution in [3.05, 3.63) is 63.3 Å². The van der Waals surface area contributed by atoms with E-state index in [4.69, 9.17) is 16.7 Å². The summed E-state index contributed by atoms with van der Waals surface area (Å²) in [4.78, 5) is 25.9. The quantitative estimate of drug-likeness (QED) is 0.915. The summed E-state index contributed by atoms with van der Waals surface area (Å²) in [5.41, 5.74) is 0.552. The highest BCUT2D eigenvalue weighted by atomic mass is 35.5. The Morgan fingerprint density at radius 2 is 2.22 bits per heavy atom. The number of rotatable bonds is 3. The van der Waals surface area contributed by atoms with Gasteiger partial charge in [0.1, 0.15) is 0 Å². The topological polar surface area (TPSA) is 72.2 Å². The van der Waals surface area contributed by atoms with E-state index >= 15 is 0 Å². The molecule has 0 saturated heterocycles. The molecule has 0 aliphatic heterocycles. The van der Waals surface area contributed by atoms with E-state index < -0.39 is 5.97 Å². The van der Waals surface area contributed by atoms with Crippen LogP contribution < -0.4 is 5.56 Å². The van der Waals surface area contributed by atoms with Crippen molar-refractivity contribution in [2.75, 3.05) is 0 Å². The summed E-state index contributed by atoms with van der Waals surface area (Å²) in [6.07, 6.45) is 4.25. The van der Waals surface area contributed by atoms with E-state index in [-0.39, 0.29) is 17.7 Å². The van der Waals surface area contributed by atoms with Crippen LogP contribution in [0.15, 0.2) is 41.6 Å². The van der Waals surface area contributed by atoms with Crippen LogP contribution in [0.1, 0.15) is 15.9 Å². The lowest BCUT2D eigenvalue weighted by atomic mass is 10.1. The van der Waals surface area contributed by atoms with Gasteiger partial charge in [-0.15, -0.1) is 0 Å². The number of carboxylic acids is 1. The van der Waals surface area contributed by atoms with Gasteiger partial charge in [0.2, 0.25) is 0 Å². The molecule has 5 nitrogen and oxygen atoms in total. The van der Waals surface area contributed by atoms with Gasteiger partial charge in [-0.05, 0) is 17.7 Å². The Hall–Kier alpha value is -2.14. The van der Waals surface area contributed by atoms with Crippen LogP contribution in [0, 0.1) is 0 Å². The van der Waals surface area contributed by atoms with Gasteiger partial charge in [-0.1, -0.05) is 17.7 Å². The minimum atomic E-state index is -1.04. The normalized spacial score (nSPS) is 10.3. The van der Waals surface area contributed by atoms with E-state index in [1.807, 2.05) is 0 Å². The Bertz CT molecular complexity index is 652. The Kier molecular flexibility index (Phi) is 3.43. The van der Waals surface area contributed by atoms with Gasteiger partial charge in [-0.3, -0.25) is 9.78 Å². The number of hydrogen-bond acceptors (Lipinski definition) is 3. The summed E-state index contributed by atoms with van der Waals surface area (Å²) in [5, 5.41) is 9.13. The van der Waals surface area contributed by atoms with Gasteiger partial charge < -0.3 is 9.67 Å². The molecule has 0 aliphatic carbocycles. The summed E-state index contributed by atoms with van der Waals surface area (Å²) in [6.45, 7) is 0.278. The first-order chi connectivity index (χ1) is 8.58. The molecule has 0 aliphatic rings. The maximum atomic E-state index is 11.5. The summed E-state index contributed by atoms with van der Waals surface area (Å²) in [5.74, 6) is -1.04. The summed E-state index contributed by atoms with van der Waals surface area (Å²) in [6, 6.07) is 4.42. The average Bonchev–Trinajstić information content (AvgIpc) is 2.34. The van der Waals surface area contributed by atoms with Crippen LogP contribution in [0.5, 0.6) is 0 Å². The van der Waals surface area contributed by atoms with Crippen LogP contribution in [0.2, 0.25) is 5.02 Å². The predicted molar refractivity (Wildman–Crippen MR) is 66.0 cm³/mol. The number of aromatic carboxylic acids is 1. The number of benzene rings is 1. The van der Waals surface area contributed by atoms with Gasteiger partial charge in [0.05, 0.1) is 18.3 Å². The molecular formula is C12H9ClN2O3. The maximum Gasteiger partial charge on any atom is 0.335 e. The lowest BCUT2D eigenvalue weighted by Crippen LogP contribution is -2.19. The molecular weight excluding hydrogens is 256 g/mol. The highest BCUT2D eigenvalue weighted by Gasteiger charge is 2.07. The van der Waals surface area contributed by atoms with Crippen LogP contribution >= 0.6 is 11.6 Å². The summed E-state index contributed by atoms with van der Waals surface area (Å²) >= 11 is 5.98. The van der Waals surface area contributed by atoms with Gasteiger partial charge in [-0.25, -0.2) is 4.79 Å². The lowest BCUT2D eigenvalue weighted by molar-refractivity contribution is 0.0697. The maximum absolute atomic E-state index is 11.5. The Balaban J connectivity index is 2.33. The van der Waals surface area contributed by atoms with Gasteiger partial charge >= 0.3 is 5.97 Å². The third-order valence-electron chi connectivity index (χ3n) is 2.44. The van der Waals surface area contributed by atoms with Gasteiger partial charge in [0, 0.05) is 17.4 Å². The standard InChI is InChI=1S/C12H9ClN2O3/c13-10-5-8(12(17)18)1-2-9(10)7-15-4-3-14-6-11(15)16/h1-6H,7H2,(H,17,18). The van der Waals surface area contributed by atoms with Gasteiger partial charge in [0.15, 0.2) is 0 Å². The van der Waals surface area contributed by atoms with Crippen molar-refractivity contribution in [1.82, 2.24) is 9.55 Å². The molecule has 0 amide bonds. The third kappa shape index (κ3) is 2.57. The van der Waals surface area contributed by atoms with Crippen LogP contribution in [0.25, 0.3) is 0 Å². The van der Waals surface area contributed by atoms with E-state index in [9.17, 15) is 9.59 Å². The molecule has 1 aromatic heterocycles. The van der Waals surface area contributed by atoms with Crippen molar-refractivity contribution in [2.24, 2.45) is 0 Å². The number of carboxylic acid groups (broad SMARTS) is 1. The van der Waals surface area contributed by atoms with E-state index in [2.05, 4.69) is 4.98 Å². The van der Waals surface area contributed by atoms with E-state index in [0.717, 1.165) is 0 Å². The lowest BCUT2D eigenvalue weighted by Gasteiger charge is -2.07. The molecule has 2 rings (SSSR count). The Morgan fingerprint density at radius 3 is 2.83 bits per heavy atom. The molecule has 0 fully saturated rings. The monoisotopic (exact) mass is 264 g/mol. The highest BCUT2D eigenvalue weighted by molar-refractivity contribution is 6.31. The molecule has 0 atom stereocenters. The van der Waals surface area contributed by atoms with Crippen molar-refractivity contribution in [3.63, 3.8) is 0 Å². The first-order valence-electron chi connectivity index (χ1n) is 5.10. The fourth-order valence-electron chi connectivity index (χ4n) is 1.50. The average molecular weight is 265 g/mol. The SMILES string of the molecule is O=C(O)c1ccc(Cn2ccncc2=O)c(Cl)c1. The smallest absolute Gasteiger partial charge is 0.335 e. The fraction of sp³-hybridized carbons (Fsp3) is 0.0833. The second-order valence-corrected chi connectivity index (χ2v) is 4.06. The summed E-state index contributed by atoms with van der Waals surface area (Å²) in [7, 11) is 0. The van der Waals surface area contributed by atoms with Crippen molar-refractivity contribution < 1.29 is 9.90 Å². The molecule has 0 saturated carbocycles. The van der Waals surface area contributed by atoms with Crippen molar-refractivity contribution in [1.29, 1.82) is 0 Å². The van der Waals surface area contributed by atoms with Gasteiger partial charge in [-0.2, -0.15) is 0 Å². The van der Waals surface area contributed by atoms with Crippen LogP contribution in [0.4, 0.5) is 0 Å². The highest BCUT2D eigenvalue weighted by Crippen LogP contribution is 2.18. The molecule has 6 heteroatoms. The fourth-order valence-corrected chi connectivity index (χ4v) is 1.74. The molecule has 2 aromatic rings. The number of halogens is 1. The first kappa shape index (κ1) is 12.3. The number of aromatic nitrogens is 2. The Labute approximate surface area is 107 Å². The molecule has 1 heterocycles. The second-order valence-electron chi connectivity index (χ2n) is 3.65. The van der Waals surface area contributed by atoms with Gasteiger partial charge in [0.25, 0.3) is 5.56 Å². The molecule has 1 aromatic carbocycles. The second kappa shape index (κ2) is 5.01. The van der Waals surface area contributed by atoms with E-state index in [1.54, 1.807) is 12.3 Å². The van der Waals surface area contributed by atoms with Crippen molar-refractivity contribution in [3.8, 4) is 0 Å². The molecule has 18 heavy (non-hydrogen) atoms. The molecule has 1 N–H and O–H groups in total. The molecule has 0 spiro atoms. The molecule has 0 radical (unpaired) electrons. The van der Waals surface area contributed by atoms with Crippen LogP contribution in [-0.4, -0.2) is 20.6 Å². The molecule has 92 valence electrons. The number of nitrogens with zero attached hydrogens (tertiary/aromatic N) is 2. The van der Waals surface area contributed by atoms with Crippen molar-refractivity contribution in [2.45, 2.75) is 6.54 Å². The first-order valence-corrected chi connectivity index (χ1v) is 5.48. The summed E-state index contributed by atoms with van der Waals surface area (Å²) < 4.78 is 1.44. The zero-order chi connectivity index (χ0) is 13.1. The zero-order valence-electron chi connectivity index (χ0n) is 9.21. The number of hydrogen-bond donors (Lipinski definition) is 1. The minimum absolute atomic E-state index is 0.117.